The van der Waals surface area contributed by atoms with Crippen molar-refractivity contribution in [3.05, 3.63) is 12.1 Å². The van der Waals surface area contributed by atoms with Gasteiger partial charge in [-0.05, 0) is 31.2 Å². The Kier molecular flexibility index (Phi) is 6.06. The van der Waals surface area contributed by atoms with Crippen molar-refractivity contribution in [1.82, 2.24) is 14.7 Å². The number of anilines is 2. The summed E-state index contributed by atoms with van der Waals surface area (Å²) in [5, 5.41) is 5.82. The Balaban J connectivity index is 1.77. The first-order valence-corrected chi connectivity index (χ1v) is 10.6. The van der Waals surface area contributed by atoms with Crippen molar-refractivity contribution < 1.29 is 17.9 Å². The van der Waals surface area contributed by atoms with Gasteiger partial charge in [-0.2, -0.15) is 13.4 Å². The Bertz CT molecular complexity index is 944. The number of nitrogens with two attached hydrogens (primary N) is 2. The number of aromatic nitrogens is 2. The molecule has 2 heterocycles. The third-order valence-electron chi connectivity index (χ3n) is 4.97. The maximum Gasteiger partial charge on any atom is 0.274 e. The zero-order valence-electron chi connectivity index (χ0n) is 16.0. The van der Waals surface area contributed by atoms with E-state index in [1.165, 1.54) is 0 Å². The van der Waals surface area contributed by atoms with Crippen LogP contribution in [0.2, 0.25) is 0 Å². The Morgan fingerprint density at radius 2 is 1.82 bits per heavy atom. The van der Waals surface area contributed by atoms with Crippen LogP contribution in [0.3, 0.4) is 0 Å². The Morgan fingerprint density at radius 3 is 2.43 bits per heavy atom. The fraction of sp³-hybridized carbons (Fsp3) is 0.529. The van der Waals surface area contributed by atoms with Crippen LogP contribution >= 0.6 is 0 Å². The van der Waals surface area contributed by atoms with Gasteiger partial charge in [-0.3, -0.25) is 0 Å². The van der Waals surface area contributed by atoms with Crippen molar-refractivity contribution in [1.29, 1.82) is 0 Å². The lowest BCUT2D eigenvalue weighted by Gasteiger charge is -2.33. The van der Waals surface area contributed by atoms with Gasteiger partial charge in [-0.15, -0.1) is 0 Å². The minimum Gasteiger partial charge on any atom is -0.493 e. The molecule has 1 aromatic carbocycles. The third kappa shape index (κ3) is 4.72. The predicted octanol–water partition coefficient (Wildman–Crippen LogP) is 0.629. The Hall–Kier alpha value is -2.37. The van der Waals surface area contributed by atoms with E-state index in [9.17, 15) is 8.42 Å². The maximum atomic E-state index is 11.0. The smallest absolute Gasteiger partial charge is 0.274 e. The normalized spacial score (nSPS) is 15.8. The van der Waals surface area contributed by atoms with E-state index in [0.29, 0.717) is 29.5 Å². The largest absolute Gasteiger partial charge is 0.493 e. The van der Waals surface area contributed by atoms with E-state index in [2.05, 4.69) is 19.6 Å². The quantitative estimate of drug-likeness (QED) is 0.602. The molecule has 3 rings (SSSR count). The monoisotopic (exact) mass is 410 g/mol. The number of piperidine rings is 1. The van der Waals surface area contributed by atoms with Crippen molar-refractivity contribution in [2.24, 2.45) is 11.1 Å². The summed E-state index contributed by atoms with van der Waals surface area (Å²) in [5.74, 6) is 2.58. The Morgan fingerprint density at radius 1 is 1.18 bits per heavy atom. The fourth-order valence-corrected chi connectivity index (χ4v) is 3.94. The van der Waals surface area contributed by atoms with E-state index in [-0.39, 0.29) is 5.95 Å². The highest BCUT2D eigenvalue weighted by molar-refractivity contribution is 7.87. The van der Waals surface area contributed by atoms with Crippen molar-refractivity contribution in [3.63, 3.8) is 0 Å². The van der Waals surface area contributed by atoms with E-state index in [1.807, 2.05) is 6.07 Å². The molecule has 0 radical (unpaired) electrons. The zero-order chi connectivity index (χ0) is 20.3. The number of benzene rings is 1. The van der Waals surface area contributed by atoms with Gasteiger partial charge in [0.05, 0.1) is 19.7 Å². The predicted molar refractivity (Wildman–Crippen MR) is 108 cm³/mol. The second-order valence-electron chi connectivity index (χ2n) is 6.79. The molecule has 0 unspecified atom stereocenters. The van der Waals surface area contributed by atoms with E-state index in [1.54, 1.807) is 20.3 Å². The van der Waals surface area contributed by atoms with Crippen molar-refractivity contribution in [3.8, 4) is 11.5 Å². The van der Waals surface area contributed by atoms with Gasteiger partial charge in [0, 0.05) is 31.1 Å². The van der Waals surface area contributed by atoms with Gasteiger partial charge in [0.15, 0.2) is 11.5 Å². The summed E-state index contributed by atoms with van der Waals surface area (Å²) in [6.45, 7) is 1.93. The van der Waals surface area contributed by atoms with Crippen molar-refractivity contribution >= 4 is 32.9 Å². The summed E-state index contributed by atoms with van der Waals surface area (Å²) < 4.78 is 35.1. The summed E-state index contributed by atoms with van der Waals surface area (Å²) in [5.41, 5.74) is 6.62. The minimum atomic E-state index is -3.63. The van der Waals surface area contributed by atoms with Crippen LogP contribution in [0.5, 0.6) is 11.5 Å². The number of nitrogen functional groups attached to an aromatic ring is 1. The first-order valence-electron chi connectivity index (χ1n) is 9.02. The molecule has 2 aromatic rings. The molecule has 11 heteroatoms. The van der Waals surface area contributed by atoms with Gasteiger partial charge in [0.25, 0.3) is 10.2 Å². The molecular weight excluding hydrogens is 384 g/mol. The average molecular weight is 411 g/mol. The Labute approximate surface area is 164 Å². The summed E-state index contributed by atoms with van der Waals surface area (Å²) in [6, 6.07) is 3.66. The minimum absolute atomic E-state index is 0.203. The molecule has 5 N–H and O–H groups in total. The molecule has 1 saturated heterocycles. The molecular formula is C17H26N6O4S. The van der Waals surface area contributed by atoms with Gasteiger partial charge in [0.1, 0.15) is 5.82 Å². The van der Waals surface area contributed by atoms with E-state index in [4.69, 9.17) is 20.3 Å². The van der Waals surface area contributed by atoms with Crippen LogP contribution in [-0.4, -0.2) is 52.2 Å². The van der Waals surface area contributed by atoms with Gasteiger partial charge in [0.2, 0.25) is 5.95 Å². The number of methoxy groups -OCH3 is 2. The molecule has 1 aliphatic rings. The highest BCUT2D eigenvalue weighted by Gasteiger charge is 2.23. The van der Waals surface area contributed by atoms with E-state index < -0.39 is 10.2 Å². The van der Waals surface area contributed by atoms with Crippen molar-refractivity contribution in [2.75, 3.05) is 44.5 Å². The molecule has 0 atom stereocenters. The molecule has 28 heavy (non-hydrogen) atoms. The van der Waals surface area contributed by atoms with E-state index in [0.717, 1.165) is 43.6 Å². The number of rotatable bonds is 7. The molecule has 0 spiro atoms. The number of fused-ring (bicyclic) bond motifs is 1. The molecule has 1 aromatic heterocycles. The van der Waals surface area contributed by atoms with Crippen LogP contribution in [0.4, 0.5) is 11.8 Å². The first kappa shape index (κ1) is 20.4. The molecule has 10 nitrogen and oxygen atoms in total. The number of hydrogen-bond acceptors (Lipinski definition) is 8. The molecule has 0 amide bonds. The summed E-state index contributed by atoms with van der Waals surface area (Å²) in [6.07, 6.45) is 2.60. The van der Waals surface area contributed by atoms with E-state index >= 15 is 0 Å². The second kappa shape index (κ2) is 8.33. The lowest BCUT2D eigenvalue weighted by Crippen LogP contribution is -2.37. The SMILES string of the molecule is COc1cc2nc(N)nc(N3CCC(CCNS(N)(=O)=O)CC3)c2cc1OC. The average Bonchev–Trinajstić information content (AvgIpc) is 2.66. The molecule has 0 bridgehead atoms. The lowest BCUT2D eigenvalue weighted by atomic mass is 9.93. The van der Waals surface area contributed by atoms with Crippen LogP contribution in [-0.2, 0) is 10.2 Å². The van der Waals surface area contributed by atoms with Gasteiger partial charge >= 0.3 is 0 Å². The summed E-state index contributed by atoms with van der Waals surface area (Å²) >= 11 is 0. The second-order valence-corrected chi connectivity index (χ2v) is 8.17. The summed E-state index contributed by atoms with van der Waals surface area (Å²) in [4.78, 5) is 11.0. The zero-order valence-corrected chi connectivity index (χ0v) is 16.8. The van der Waals surface area contributed by atoms with Gasteiger partial charge in [-0.1, -0.05) is 0 Å². The third-order valence-corrected chi connectivity index (χ3v) is 5.57. The number of ether oxygens (including phenoxy) is 2. The van der Waals surface area contributed by atoms with Gasteiger partial charge in [-0.25, -0.2) is 14.8 Å². The number of hydrogen-bond donors (Lipinski definition) is 3. The fourth-order valence-electron chi connectivity index (χ4n) is 3.54. The highest BCUT2D eigenvalue weighted by Crippen LogP contribution is 2.36. The summed E-state index contributed by atoms with van der Waals surface area (Å²) in [7, 11) is -0.474. The molecule has 0 aliphatic carbocycles. The van der Waals surface area contributed by atoms with Crippen LogP contribution < -0.4 is 30.0 Å². The van der Waals surface area contributed by atoms with Crippen molar-refractivity contribution in [2.45, 2.75) is 19.3 Å². The number of nitrogens with one attached hydrogen (secondary N) is 1. The van der Waals surface area contributed by atoms with Crippen LogP contribution in [0.1, 0.15) is 19.3 Å². The maximum absolute atomic E-state index is 11.0. The van der Waals surface area contributed by atoms with Crippen LogP contribution in [0.15, 0.2) is 12.1 Å². The standard InChI is InChI=1S/C17H26N6O4S/c1-26-14-9-12-13(10-15(14)27-2)21-17(18)22-16(12)23-7-4-11(5-8-23)3-6-20-28(19,24)25/h9-11,20H,3-8H2,1-2H3,(H2,18,21,22)(H2,19,24,25). The van der Waals surface area contributed by atoms with Crippen LogP contribution in [0, 0.1) is 5.92 Å². The molecule has 1 aliphatic heterocycles. The molecule has 0 saturated carbocycles. The highest BCUT2D eigenvalue weighted by atomic mass is 32.2. The first-order chi connectivity index (χ1) is 13.3. The number of nitrogens with zero attached hydrogens (tertiary/aromatic N) is 3. The lowest BCUT2D eigenvalue weighted by molar-refractivity contribution is 0.355. The topological polar surface area (TPSA) is 146 Å². The van der Waals surface area contributed by atoms with Gasteiger partial charge < -0.3 is 20.1 Å². The van der Waals surface area contributed by atoms with Crippen LogP contribution in [0.25, 0.3) is 10.9 Å². The molecule has 1 fully saturated rings. The molecule has 154 valence electrons.